The summed E-state index contributed by atoms with van der Waals surface area (Å²) in [6.45, 7) is 8.60. The molecule has 0 bridgehead atoms. The van der Waals surface area contributed by atoms with Gasteiger partial charge < -0.3 is 9.47 Å². The molecule has 18 heavy (non-hydrogen) atoms. The van der Waals surface area contributed by atoms with Crippen LogP contribution < -0.4 is 0 Å². The van der Waals surface area contributed by atoms with E-state index in [1.807, 2.05) is 20.8 Å². The van der Waals surface area contributed by atoms with Crippen LogP contribution in [-0.2, 0) is 9.47 Å². The highest BCUT2D eigenvalue weighted by molar-refractivity contribution is 5.60. The number of ether oxygens (including phenoxy) is 2. The van der Waals surface area contributed by atoms with Gasteiger partial charge in [0.05, 0.1) is 6.61 Å². The zero-order chi connectivity index (χ0) is 13.8. The standard InChI is InChI=1S/C15H30O3/c1-5-6-7-8-9-10-11-14(4)18-15(16)17-12-13(2)3/h13-14H,5-12H2,1-4H3. The molecule has 0 aliphatic rings. The van der Waals surface area contributed by atoms with Gasteiger partial charge in [0.2, 0.25) is 0 Å². The van der Waals surface area contributed by atoms with Crippen LogP contribution in [0.25, 0.3) is 0 Å². The van der Waals surface area contributed by atoms with Crippen LogP contribution >= 0.6 is 0 Å². The summed E-state index contributed by atoms with van der Waals surface area (Å²) in [5.74, 6) is 0.353. The second kappa shape index (κ2) is 11.4. The lowest BCUT2D eigenvalue weighted by atomic mass is 10.1. The second-order valence-corrected chi connectivity index (χ2v) is 5.44. The van der Waals surface area contributed by atoms with Gasteiger partial charge in [0.15, 0.2) is 0 Å². The third-order valence-corrected chi connectivity index (χ3v) is 2.80. The minimum absolute atomic E-state index is 0.0316. The van der Waals surface area contributed by atoms with E-state index in [1.165, 1.54) is 32.1 Å². The molecule has 1 unspecified atom stereocenters. The molecule has 1 atom stereocenters. The Morgan fingerprint density at radius 3 is 2.22 bits per heavy atom. The molecule has 0 aromatic carbocycles. The fourth-order valence-corrected chi connectivity index (χ4v) is 1.70. The van der Waals surface area contributed by atoms with Gasteiger partial charge in [0, 0.05) is 0 Å². The molecule has 0 aromatic heterocycles. The SMILES string of the molecule is CCCCCCCCC(C)OC(=O)OCC(C)C. The third-order valence-electron chi connectivity index (χ3n) is 2.80. The Hall–Kier alpha value is -0.730. The molecule has 0 saturated heterocycles. The Morgan fingerprint density at radius 1 is 1.00 bits per heavy atom. The van der Waals surface area contributed by atoms with Gasteiger partial charge in [-0.1, -0.05) is 52.9 Å². The van der Waals surface area contributed by atoms with Crippen molar-refractivity contribution in [2.75, 3.05) is 6.61 Å². The molecule has 0 amide bonds. The highest BCUT2D eigenvalue weighted by Gasteiger charge is 2.10. The van der Waals surface area contributed by atoms with Gasteiger partial charge in [-0.3, -0.25) is 0 Å². The van der Waals surface area contributed by atoms with Crippen LogP contribution in [-0.4, -0.2) is 18.9 Å². The van der Waals surface area contributed by atoms with Gasteiger partial charge in [-0.25, -0.2) is 4.79 Å². The van der Waals surface area contributed by atoms with Crippen molar-refractivity contribution < 1.29 is 14.3 Å². The fourth-order valence-electron chi connectivity index (χ4n) is 1.70. The molecule has 0 aliphatic heterocycles. The third kappa shape index (κ3) is 11.7. The van der Waals surface area contributed by atoms with Crippen molar-refractivity contribution >= 4 is 6.16 Å². The largest absolute Gasteiger partial charge is 0.508 e. The number of hydrogen-bond acceptors (Lipinski definition) is 3. The van der Waals surface area contributed by atoms with Crippen molar-refractivity contribution in [1.29, 1.82) is 0 Å². The average Bonchev–Trinajstić information content (AvgIpc) is 2.31. The maximum absolute atomic E-state index is 11.3. The smallest absolute Gasteiger partial charge is 0.434 e. The first kappa shape index (κ1) is 17.3. The van der Waals surface area contributed by atoms with Crippen molar-refractivity contribution in [3.05, 3.63) is 0 Å². The first-order valence-corrected chi connectivity index (χ1v) is 7.39. The van der Waals surface area contributed by atoms with E-state index in [4.69, 9.17) is 9.47 Å². The molecule has 0 rings (SSSR count). The lowest BCUT2D eigenvalue weighted by Crippen LogP contribution is -2.18. The highest BCUT2D eigenvalue weighted by Crippen LogP contribution is 2.10. The monoisotopic (exact) mass is 258 g/mol. The maximum atomic E-state index is 11.3. The zero-order valence-corrected chi connectivity index (χ0v) is 12.5. The van der Waals surface area contributed by atoms with E-state index in [-0.39, 0.29) is 6.10 Å². The van der Waals surface area contributed by atoms with E-state index in [0.717, 1.165) is 12.8 Å². The lowest BCUT2D eigenvalue weighted by Gasteiger charge is -2.13. The topological polar surface area (TPSA) is 35.5 Å². The summed E-state index contributed by atoms with van der Waals surface area (Å²) < 4.78 is 10.1. The van der Waals surface area contributed by atoms with Crippen LogP contribution in [0.3, 0.4) is 0 Å². The van der Waals surface area contributed by atoms with Gasteiger partial charge in [0.1, 0.15) is 6.10 Å². The fraction of sp³-hybridized carbons (Fsp3) is 0.933. The molecule has 0 heterocycles. The Bertz CT molecular complexity index is 202. The average molecular weight is 258 g/mol. The summed E-state index contributed by atoms with van der Waals surface area (Å²) in [5, 5.41) is 0. The molecule has 3 heteroatoms. The van der Waals surface area contributed by atoms with Gasteiger partial charge in [0.25, 0.3) is 0 Å². The van der Waals surface area contributed by atoms with E-state index >= 15 is 0 Å². The first-order valence-electron chi connectivity index (χ1n) is 7.39. The normalized spacial score (nSPS) is 12.5. The van der Waals surface area contributed by atoms with E-state index in [1.54, 1.807) is 0 Å². The predicted octanol–water partition coefficient (Wildman–Crippen LogP) is 4.93. The molecular formula is C15H30O3. The Morgan fingerprint density at radius 2 is 1.61 bits per heavy atom. The van der Waals surface area contributed by atoms with Gasteiger partial charge >= 0.3 is 6.16 Å². The van der Waals surface area contributed by atoms with Crippen molar-refractivity contribution in [2.24, 2.45) is 5.92 Å². The van der Waals surface area contributed by atoms with Crippen molar-refractivity contribution in [1.82, 2.24) is 0 Å². The predicted molar refractivity (Wildman–Crippen MR) is 74.7 cm³/mol. The number of unbranched alkanes of at least 4 members (excludes halogenated alkanes) is 5. The van der Waals surface area contributed by atoms with E-state index < -0.39 is 6.16 Å². The molecule has 0 saturated carbocycles. The van der Waals surface area contributed by atoms with E-state index in [9.17, 15) is 4.79 Å². The molecule has 0 radical (unpaired) electrons. The minimum Gasteiger partial charge on any atom is -0.434 e. The Kier molecular flexibility index (Phi) is 10.9. The molecule has 108 valence electrons. The van der Waals surface area contributed by atoms with Crippen molar-refractivity contribution in [2.45, 2.75) is 78.7 Å². The zero-order valence-electron chi connectivity index (χ0n) is 12.5. The maximum Gasteiger partial charge on any atom is 0.508 e. The lowest BCUT2D eigenvalue weighted by molar-refractivity contribution is 0.0201. The van der Waals surface area contributed by atoms with E-state index in [2.05, 4.69) is 6.92 Å². The quantitative estimate of drug-likeness (QED) is 0.411. The molecule has 3 nitrogen and oxygen atoms in total. The Balaban J connectivity index is 3.41. The number of rotatable bonds is 10. The highest BCUT2D eigenvalue weighted by atomic mass is 16.7. The minimum atomic E-state index is -0.526. The number of carbonyl (C=O) groups is 1. The summed E-state index contributed by atoms with van der Waals surface area (Å²) in [6.07, 6.45) is 7.95. The van der Waals surface area contributed by atoms with Crippen LogP contribution in [0.5, 0.6) is 0 Å². The number of carbonyl (C=O) groups excluding carboxylic acids is 1. The summed E-state index contributed by atoms with van der Waals surface area (Å²) in [7, 11) is 0. The van der Waals surface area contributed by atoms with Gasteiger partial charge in [-0.2, -0.15) is 0 Å². The summed E-state index contributed by atoms with van der Waals surface area (Å²) in [6, 6.07) is 0. The van der Waals surface area contributed by atoms with E-state index in [0.29, 0.717) is 12.5 Å². The molecule has 0 N–H and O–H groups in total. The van der Waals surface area contributed by atoms with Crippen molar-refractivity contribution in [3.8, 4) is 0 Å². The second-order valence-electron chi connectivity index (χ2n) is 5.44. The molecule has 0 aromatic rings. The molecule has 0 spiro atoms. The van der Waals surface area contributed by atoms with Gasteiger partial charge in [-0.15, -0.1) is 0 Å². The Labute approximate surface area is 112 Å². The van der Waals surface area contributed by atoms with Crippen LogP contribution in [0.1, 0.15) is 72.6 Å². The first-order chi connectivity index (χ1) is 8.56. The van der Waals surface area contributed by atoms with Crippen LogP contribution in [0, 0.1) is 5.92 Å². The summed E-state index contributed by atoms with van der Waals surface area (Å²) >= 11 is 0. The van der Waals surface area contributed by atoms with Crippen LogP contribution in [0.2, 0.25) is 0 Å². The summed E-state index contributed by atoms with van der Waals surface area (Å²) in [5.41, 5.74) is 0. The van der Waals surface area contributed by atoms with Gasteiger partial charge in [-0.05, 0) is 25.7 Å². The summed E-state index contributed by atoms with van der Waals surface area (Å²) in [4.78, 5) is 11.3. The van der Waals surface area contributed by atoms with Crippen LogP contribution in [0.4, 0.5) is 4.79 Å². The van der Waals surface area contributed by atoms with Crippen molar-refractivity contribution in [3.63, 3.8) is 0 Å². The molecule has 0 fully saturated rings. The molecular weight excluding hydrogens is 228 g/mol. The molecule has 0 aliphatic carbocycles. The van der Waals surface area contributed by atoms with Crippen LogP contribution in [0.15, 0.2) is 0 Å². The number of hydrogen-bond donors (Lipinski definition) is 0.